The van der Waals surface area contributed by atoms with Crippen LogP contribution in [0, 0.1) is 5.82 Å². The first-order valence-corrected chi connectivity index (χ1v) is 4.44. The summed E-state index contributed by atoms with van der Waals surface area (Å²) in [5, 5.41) is 0. The Kier molecular flexibility index (Phi) is 4.20. The number of hydrogen-bond donors (Lipinski definition) is 2. The van der Waals surface area contributed by atoms with Crippen LogP contribution in [-0.2, 0) is 9.53 Å². The number of hydrazine groups is 1. The summed E-state index contributed by atoms with van der Waals surface area (Å²) < 4.78 is 17.7. The molecule has 0 aliphatic rings. The Hall–Kier alpha value is -1.46. The molecule has 1 amide bonds. The molecule has 0 radical (unpaired) electrons. The molecule has 5 heteroatoms. The van der Waals surface area contributed by atoms with Crippen LogP contribution in [0.25, 0.3) is 0 Å². The Morgan fingerprint density at radius 2 is 2.00 bits per heavy atom. The highest BCUT2D eigenvalue weighted by Crippen LogP contribution is 2.16. The normalized spacial score (nSPS) is 12.2. The smallest absolute Gasteiger partial charge is 0.267 e. The van der Waals surface area contributed by atoms with Gasteiger partial charge in [-0.1, -0.05) is 12.1 Å². The topological polar surface area (TPSA) is 50.4 Å². The first kappa shape index (κ1) is 11.6. The molecule has 1 unspecified atom stereocenters. The molecule has 0 spiro atoms. The van der Waals surface area contributed by atoms with Gasteiger partial charge in [-0.2, -0.15) is 0 Å². The van der Waals surface area contributed by atoms with Gasteiger partial charge in [-0.05, 0) is 17.7 Å². The maximum absolute atomic E-state index is 12.6. The lowest BCUT2D eigenvalue weighted by molar-refractivity contribution is -0.132. The molecular weight excluding hydrogens is 199 g/mol. The summed E-state index contributed by atoms with van der Waals surface area (Å²) in [5.74, 6) is -0.672. The van der Waals surface area contributed by atoms with E-state index >= 15 is 0 Å². The largest absolute Gasteiger partial charge is 0.367 e. The molecule has 0 saturated carbocycles. The van der Waals surface area contributed by atoms with Crippen LogP contribution in [0.2, 0.25) is 0 Å². The average molecular weight is 212 g/mol. The van der Waals surface area contributed by atoms with Gasteiger partial charge < -0.3 is 4.74 Å². The van der Waals surface area contributed by atoms with Crippen molar-refractivity contribution in [3.05, 3.63) is 35.6 Å². The summed E-state index contributed by atoms with van der Waals surface area (Å²) in [6.07, 6.45) is -0.738. The second-order valence-electron chi connectivity index (χ2n) is 2.91. The quantitative estimate of drug-likeness (QED) is 0.724. The molecule has 0 aliphatic carbocycles. The third-order valence-electron chi connectivity index (χ3n) is 1.89. The Morgan fingerprint density at radius 1 is 1.40 bits per heavy atom. The zero-order valence-corrected chi connectivity index (χ0v) is 8.58. The third kappa shape index (κ3) is 3.00. The number of ether oxygens (including phenoxy) is 1. The number of methoxy groups -OCH3 is 1. The lowest BCUT2D eigenvalue weighted by atomic mass is 10.1. The highest BCUT2D eigenvalue weighted by Gasteiger charge is 2.19. The van der Waals surface area contributed by atoms with Crippen LogP contribution in [0.3, 0.4) is 0 Å². The monoisotopic (exact) mass is 212 g/mol. The summed E-state index contributed by atoms with van der Waals surface area (Å²) in [5.41, 5.74) is 5.52. The molecule has 0 heterocycles. The Labute approximate surface area is 87.4 Å². The van der Waals surface area contributed by atoms with E-state index in [9.17, 15) is 9.18 Å². The molecule has 82 valence electrons. The summed E-state index contributed by atoms with van der Waals surface area (Å²) in [4.78, 5) is 11.5. The number of hydrogen-bond acceptors (Lipinski definition) is 3. The van der Waals surface area contributed by atoms with Crippen molar-refractivity contribution in [3.63, 3.8) is 0 Å². The minimum absolute atomic E-state index is 0.327. The van der Waals surface area contributed by atoms with Crippen LogP contribution in [0.1, 0.15) is 11.7 Å². The van der Waals surface area contributed by atoms with Gasteiger partial charge in [-0.15, -0.1) is 0 Å². The van der Waals surface area contributed by atoms with Crippen molar-refractivity contribution in [2.45, 2.75) is 6.10 Å². The number of carbonyl (C=O) groups is 1. The van der Waals surface area contributed by atoms with E-state index in [4.69, 9.17) is 4.74 Å². The summed E-state index contributed by atoms with van der Waals surface area (Å²) in [6, 6.07) is 5.60. The van der Waals surface area contributed by atoms with E-state index in [-0.39, 0.29) is 11.7 Å². The molecule has 0 bridgehead atoms. The number of benzene rings is 1. The van der Waals surface area contributed by atoms with Gasteiger partial charge in [0.05, 0.1) is 0 Å². The average Bonchev–Trinajstić information content (AvgIpc) is 2.22. The van der Waals surface area contributed by atoms with Gasteiger partial charge in [0.25, 0.3) is 5.91 Å². The van der Waals surface area contributed by atoms with Crippen LogP contribution in [0.4, 0.5) is 4.39 Å². The fourth-order valence-corrected chi connectivity index (χ4v) is 1.22. The molecule has 0 fully saturated rings. The van der Waals surface area contributed by atoms with Crippen LogP contribution in [0.15, 0.2) is 24.3 Å². The molecule has 1 rings (SSSR count). The molecule has 2 N–H and O–H groups in total. The van der Waals surface area contributed by atoms with E-state index in [2.05, 4.69) is 10.9 Å². The zero-order valence-electron chi connectivity index (χ0n) is 8.58. The Morgan fingerprint density at radius 3 is 2.47 bits per heavy atom. The summed E-state index contributed by atoms with van der Waals surface area (Å²) >= 11 is 0. The fourth-order valence-electron chi connectivity index (χ4n) is 1.22. The second-order valence-corrected chi connectivity index (χ2v) is 2.91. The molecule has 0 saturated heterocycles. The molecular formula is C10H13FN2O2. The molecule has 0 aliphatic heterocycles. The first-order valence-electron chi connectivity index (χ1n) is 4.44. The lowest BCUT2D eigenvalue weighted by Gasteiger charge is -2.14. The minimum atomic E-state index is -0.738. The first-order chi connectivity index (χ1) is 7.19. The SMILES string of the molecule is CNNC(=O)C(OC)c1ccc(F)cc1. The number of rotatable bonds is 4. The van der Waals surface area contributed by atoms with E-state index in [1.165, 1.54) is 31.4 Å². The highest BCUT2D eigenvalue weighted by molar-refractivity contribution is 5.81. The van der Waals surface area contributed by atoms with Crippen molar-refractivity contribution in [2.24, 2.45) is 0 Å². The van der Waals surface area contributed by atoms with E-state index in [1.807, 2.05) is 0 Å². The van der Waals surface area contributed by atoms with Crippen molar-refractivity contribution >= 4 is 5.91 Å². The Bertz CT molecular complexity index is 327. The van der Waals surface area contributed by atoms with Crippen molar-refractivity contribution < 1.29 is 13.9 Å². The zero-order chi connectivity index (χ0) is 11.3. The molecule has 15 heavy (non-hydrogen) atoms. The molecule has 4 nitrogen and oxygen atoms in total. The van der Waals surface area contributed by atoms with Crippen LogP contribution in [0.5, 0.6) is 0 Å². The maximum atomic E-state index is 12.6. The maximum Gasteiger partial charge on any atom is 0.267 e. The van der Waals surface area contributed by atoms with Crippen molar-refractivity contribution in [1.29, 1.82) is 0 Å². The molecule has 1 atom stereocenters. The summed E-state index contributed by atoms with van der Waals surface area (Å²) in [7, 11) is 3.00. The van der Waals surface area contributed by atoms with E-state index in [0.717, 1.165) is 0 Å². The minimum Gasteiger partial charge on any atom is -0.367 e. The van der Waals surface area contributed by atoms with E-state index < -0.39 is 6.10 Å². The van der Waals surface area contributed by atoms with Gasteiger partial charge >= 0.3 is 0 Å². The highest BCUT2D eigenvalue weighted by atomic mass is 19.1. The van der Waals surface area contributed by atoms with Gasteiger partial charge in [0, 0.05) is 14.2 Å². The predicted octanol–water partition coefficient (Wildman–Crippen LogP) is 0.764. The number of amides is 1. The standard InChI is InChI=1S/C10H13FN2O2/c1-12-13-10(14)9(15-2)7-3-5-8(11)6-4-7/h3-6,9,12H,1-2H3,(H,13,14). The second kappa shape index (κ2) is 5.43. The summed E-state index contributed by atoms with van der Waals surface area (Å²) in [6.45, 7) is 0. The van der Waals surface area contributed by atoms with Gasteiger partial charge in [0.2, 0.25) is 0 Å². The van der Waals surface area contributed by atoms with Crippen molar-refractivity contribution in [1.82, 2.24) is 10.9 Å². The number of nitrogens with one attached hydrogen (secondary N) is 2. The van der Waals surface area contributed by atoms with Crippen molar-refractivity contribution in [2.75, 3.05) is 14.2 Å². The van der Waals surface area contributed by atoms with Crippen LogP contribution in [-0.4, -0.2) is 20.1 Å². The molecule has 0 aromatic heterocycles. The molecule has 1 aromatic carbocycles. The van der Waals surface area contributed by atoms with Gasteiger partial charge in [-0.25, -0.2) is 9.82 Å². The lowest BCUT2D eigenvalue weighted by Crippen LogP contribution is -2.38. The van der Waals surface area contributed by atoms with Crippen molar-refractivity contribution in [3.8, 4) is 0 Å². The number of carbonyl (C=O) groups excluding carboxylic acids is 1. The van der Waals surface area contributed by atoms with Gasteiger partial charge in [0.1, 0.15) is 5.82 Å². The van der Waals surface area contributed by atoms with Crippen LogP contribution < -0.4 is 10.9 Å². The van der Waals surface area contributed by atoms with E-state index in [1.54, 1.807) is 7.05 Å². The predicted molar refractivity (Wildman–Crippen MR) is 53.4 cm³/mol. The molecule has 1 aromatic rings. The van der Waals surface area contributed by atoms with Crippen LogP contribution >= 0.6 is 0 Å². The third-order valence-corrected chi connectivity index (χ3v) is 1.89. The number of halogens is 1. The van der Waals surface area contributed by atoms with E-state index in [0.29, 0.717) is 5.56 Å². The fraction of sp³-hybridized carbons (Fsp3) is 0.300. The Balaban J connectivity index is 2.82. The van der Waals surface area contributed by atoms with Gasteiger partial charge in [-0.3, -0.25) is 10.2 Å². The van der Waals surface area contributed by atoms with Gasteiger partial charge in [0.15, 0.2) is 6.10 Å².